The molecule has 2 atom stereocenters. The number of pyridine rings is 1. The lowest BCUT2D eigenvalue weighted by atomic mass is 9.88. The number of urea groups is 1. The highest BCUT2D eigenvalue weighted by Crippen LogP contribution is 2.50. The van der Waals surface area contributed by atoms with Crippen molar-refractivity contribution in [3.05, 3.63) is 34.2 Å². The van der Waals surface area contributed by atoms with Gasteiger partial charge in [0.25, 0.3) is 5.88 Å². The molecular formula is C21H20Cl2F3N7O3. The number of alkyl halides is 3. The topological polar surface area (TPSA) is 106 Å². The van der Waals surface area contributed by atoms with Crippen molar-refractivity contribution in [1.29, 1.82) is 0 Å². The van der Waals surface area contributed by atoms with Crippen LogP contribution in [0.2, 0.25) is 10.2 Å². The van der Waals surface area contributed by atoms with E-state index in [0.29, 0.717) is 6.54 Å². The Kier molecular flexibility index (Phi) is 6.04. The molecule has 0 unspecified atom stereocenters. The molecule has 2 amide bonds. The minimum Gasteiger partial charge on any atom is -0.490 e. The summed E-state index contributed by atoms with van der Waals surface area (Å²) in [6.45, 7) is 1.65. The number of fused-ring (bicyclic) bond motifs is 3. The van der Waals surface area contributed by atoms with E-state index in [1.165, 1.54) is 25.4 Å². The Morgan fingerprint density at radius 2 is 2.11 bits per heavy atom. The second kappa shape index (κ2) is 8.82. The van der Waals surface area contributed by atoms with E-state index in [1.54, 1.807) is 0 Å². The van der Waals surface area contributed by atoms with Gasteiger partial charge in [0.1, 0.15) is 17.3 Å². The third-order valence-corrected chi connectivity index (χ3v) is 6.69. The van der Waals surface area contributed by atoms with Crippen LogP contribution in [0.4, 0.5) is 29.5 Å². The summed E-state index contributed by atoms with van der Waals surface area (Å²) in [6, 6.07) is 1.80. The van der Waals surface area contributed by atoms with Gasteiger partial charge in [0.05, 0.1) is 29.7 Å². The Balaban J connectivity index is 1.50. The molecule has 0 saturated carbocycles. The number of nitrogens with zero attached hydrogens (tertiary/aromatic N) is 5. The number of nitrogens with one attached hydrogen (secondary N) is 2. The third kappa shape index (κ3) is 4.04. The number of aromatic nitrogens is 4. The molecule has 0 spiro atoms. The van der Waals surface area contributed by atoms with E-state index in [9.17, 15) is 18.0 Å². The molecule has 10 nitrogen and oxygen atoms in total. The summed E-state index contributed by atoms with van der Waals surface area (Å²) < 4.78 is 55.0. The summed E-state index contributed by atoms with van der Waals surface area (Å²) in [5.41, 5.74) is -2.62. The summed E-state index contributed by atoms with van der Waals surface area (Å²) in [7, 11) is 1.40. The zero-order valence-corrected chi connectivity index (χ0v) is 20.5. The molecule has 0 aliphatic carbocycles. The Bertz CT molecular complexity index is 1350. The molecule has 36 heavy (non-hydrogen) atoms. The van der Waals surface area contributed by atoms with E-state index in [2.05, 4.69) is 25.7 Å². The maximum Gasteiger partial charge on any atom is 0.401 e. The number of rotatable bonds is 4. The van der Waals surface area contributed by atoms with E-state index in [1.807, 2.05) is 0 Å². The first kappa shape index (κ1) is 24.7. The maximum atomic E-state index is 14.3. The number of anilines is 2. The van der Waals surface area contributed by atoms with Crippen LogP contribution in [0, 0.1) is 0 Å². The van der Waals surface area contributed by atoms with Gasteiger partial charge in [-0.25, -0.2) is 14.3 Å². The summed E-state index contributed by atoms with van der Waals surface area (Å²) >= 11 is 12.2. The number of hydrogen-bond acceptors (Lipinski definition) is 7. The van der Waals surface area contributed by atoms with Crippen molar-refractivity contribution in [3.8, 4) is 11.6 Å². The molecule has 0 radical (unpaired) electrons. The molecule has 3 aromatic heterocycles. The van der Waals surface area contributed by atoms with Gasteiger partial charge < -0.3 is 14.8 Å². The second-order valence-electron chi connectivity index (χ2n) is 8.64. The quantitative estimate of drug-likeness (QED) is 0.509. The highest BCUT2D eigenvalue weighted by atomic mass is 35.5. The van der Waals surface area contributed by atoms with Crippen LogP contribution in [-0.4, -0.2) is 64.6 Å². The van der Waals surface area contributed by atoms with Gasteiger partial charge in [-0.15, -0.1) is 0 Å². The van der Waals surface area contributed by atoms with Crippen molar-refractivity contribution in [1.82, 2.24) is 24.9 Å². The predicted molar refractivity (Wildman–Crippen MR) is 125 cm³/mol. The van der Waals surface area contributed by atoms with Crippen molar-refractivity contribution < 1.29 is 27.4 Å². The standard InChI is InChI=1S/C21H20Cl2F3N7O3/c1-20(21(24,25)26)9-32(12-8-28-15-6-13(23)31-33(15)17(12)20)19(34)30-14-5-11(22)16(35-2)18(29-14)36-10-3-4-27-7-10/h5-6,8,10,27H,3-4,7,9H2,1-2H3,(H,29,30,34)/t10-,20+/m0/s1. The fourth-order valence-corrected chi connectivity index (χ4v) is 4.80. The summed E-state index contributed by atoms with van der Waals surface area (Å²) in [5, 5.41) is 9.72. The van der Waals surface area contributed by atoms with Crippen molar-refractivity contribution in [2.24, 2.45) is 0 Å². The first-order chi connectivity index (χ1) is 17.0. The Labute approximate surface area is 212 Å². The van der Waals surface area contributed by atoms with Crippen molar-refractivity contribution in [3.63, 3.8) is 0 Å². The monoisotopic (exact) mass is 545 g/mol. The first-order valence-corrected chi connectivity index (χ1v) is 11.6. The SMILES string of the molecule is COc1c(Cl)cc(NC(=O)N2C[C@@](C)(C(F)(F)F)c3c2cnc2cc(Cl)nn32)nc1O[C@H]1CCNC1. The largest absolute Gasteiger partial charge is 0.490 e. The summed E-state index contributed by atoms with van der Waals surface area (Å²) in [6.07, 6.45) is -2.96. The average Bonchev–Trinajstić information content (AvgIpc) is 3.50. The molecule has 0 bridgehead atoms. The smallest absolute Gasteiger partial charge is 0.401 e. The Morgan fingerprint density at radius 3 is 2.78 bits per heavy atom. The summed E-state index contributed by atoms with van der Waals surface area (Å²) in [4.78, 5) is 22.6. The average molecular weight is 546 g/mol. The van der Waals surface area contributed by atoms with E-state index in [4.69, 9.17) is 32.7 Å². The lowest BCUT2D eigenvalue weighted by Crippen LogP contribution is -2.46. The van der Waals surface area contributed by atoms with E-state index >= 15 is 0 Å². The minimum atomic E-state index is -4.71. The zero-order chi connectivity index (χ0) is 25.8. The van der Waals surface area contributed by atoms with Crippen molar-refractivity contribution >= 4 is 46.4 Å². The van der Waals surface area contributed by atoms with Gasteiger partial charge in [0.15, 0.2) is 16.5 Å². The van der Waals surface area contributed by atoms with Crippen LogP contribution in [-0.2, 0) is 5.41 Å². The Hall–Kier alpha value is -3.03. The van der Waals surface area contributed by atoms with E-state index in [0.717, 1.165) is 29.3 Å². The first-order valence-electron chi connectivity index (χ1n) is 10.8. The summed E-state index contributed by atoms with van der Waals surface area (Å²) in [5.74, 6) is 0.218. The number of ether oxygens (including phenoxy) is 2. The maximum absolute atomic E-state index is 14.3. The predicted octanol–water partition coefficient (Wildman–Crippen LogP) is 4.05. The molecule has 2 aliphatic rings. The van der Waals surface area contributed by atoms with Gasteiger partial charge in [-0.2, -0.15) is 23.3 Å². The lowest BCUT2D eigenvalue weighted by molar-refractivity contribution is -0.181. The van der Waals surface area contributed by atoms with Crippen molar-refractivity contribution in [2.45, 2.75) is 31.0 Å². The lowest BCUT2D eigenvalue weighted by Gasteiger charge is -2.28. The molecule has 1 saturated heterocycles. The minimum absolute atomic E-state index is 0.0228. The van der Waals surface area contributed by atoms with Gasteiger partial charge in [0, 0.05) is 25.2 Å². The number of amides is 2. The van der Waals surface area contributed by atoms with Gasteiger partial charge >= 0.3 is 12.2 Å². The van der Waals surface area contributed by atoms with Crippen molar-refractivity contribution in [2.75, 3.05) is 37.0 Å². The fraction of sp³-hybridized carbons (Fsp3) is 0.429. The molecule has 5 rings (SSSR count). The van der Waals surface area contributed by atoms with Gasteiger partial charge in [-0.05, 0) is 19.9 Å². The van der Waals surface area contributed by atoms with Crippen LogP contribution in [0.1, 0.15) is 19.0 Å². The van der Waals surface area contributed by atoms with Gasteiger partial charge in [-0.3, -0.25) is 10.2 Å². The second-order valence-corrected chi connectivity index (χ2v) is 9.43. The number of methoxy groups -OCH3 is 1. The van der Waals surface area contributed by atoms with Gasteiger partial charge in [-0.1, -0.05) is 23.2 Å². The molecule has 3 aromatic rings. The molecule has 1 fully saturated rings. The molecule has 0 aromatic carbocycles. The highest BCUT2D eigenvalue weighted by molar-refractivity contribution is 6.32. The van der Waals surface area contributed by atoms with Crippen LogP contribution in [0.25, 0.3) is 5.65 Å². The van der Waals surface area contributed by atoms with E-state index in [-0.39, 0.29) is 50.8 Å². The number of carbonyl (C=O) groups excluding carboxylic acids is 1. The third-order valence-electron chi connectivity index (χ3n) is 6.22. The Morgan fingerprint density at radius 1 is 1.33 bits per heavy atom. The molecule has 5 heterocycles. The molecule has 192 valence electrons. The van der Waals surface area contributed by atoms with Crippen LogP contribution < -0.4 is 25.0 Å². The zero-order valence-electron chi connectivity index (χ0n) is 19.0. The number of hydrogen-bond donors (Lipinski definition) is 2. The van der Waals surface area contributed by atoms with Gasteiger partial charge in [0.2, 0.25) is 0 Å². The fourth-order valence-electron chi connectivity index (χ4n) is 4.36. The van der Waals surface area contributed by atoms with Crippen LogP contribution >= 0.6 is 23.2 Å². The van der Waals surface area contributed by atoms with Crippen LogP contribution in [0.3, 0.4) is 0 Å². The highest BCUT2D eigenvalue weighted by Gasteiger charge is 2.60. The molecule has 2 aliphatic heterocycles. The van der Waals surface area contributed by atoms with E-state index < -0.39 is 24.2 Å². The molecule has 2 N–H and O–H groups in total. The molecule has 15 heteroatoms. The number of halogens is 5. The number of carbonyl (C=O) groups is 1. The van der Waals surface area contributed by atoms with Crippen LogP contribution in [0.5, 0.6) is 11.6 Å². The van der Waals surface area contributed by atoms with Crippen LogP contribution in [0.15, 0.2) is 18.3 Å². The normalized spacial score (nSPS) is 21.6. The molecular weight excluding hydrogens is 526 g/mol.